The normalized spacial score (nSPS) is 13.2. The van der Waals surface area contributed by atoms with Crippen LogP contribution in [0.5, 0.6) is 17.2 Å². The van der Waals surface area contributed by atoms with Crippen LogP contribution >= 0.6 is 0 Å². The second kappa shape index (κ2) is 8.13. The molecule has 0 heterocycles. The first-order valence-electron chi connectivity index (χ1n) is 8.91. The molecule has 0 aliphatic heterocycles. The Morgan fingerprint density at radius 3 is 2.42 bits per heavy atom. The quantitative estimate of drug-likeness (QED) is 0.720. The van der Waals surface area contributed by atoms with E-state index in [1.54, 1.807) is 32.4 Å². The zero-order valence-corrected chi connectivity index (χ0v) is 15.5. The van der Waals surface area contributed by atoms with E-state index in [-0.39, 0.29) is 11.9 Å². The van der Waals surface area contributed by atoms with Gasteiger partial charge in [-0.3, -0.25) is 4.79 Å². The van der Waals surface area contributed by atoms with Crippen LogP contribution in [0.4, 0.5) is 0 Å². The number of nitrogens with zero attached hydrogens (tertiary/aromatic N) is 1. The van der Waals surface area contributed by atoms with Gasteiger partial charge in [0.05, 0.1) is 20.8 Å². The molecule has 2 aromatic rings. The highest BCUT2D eigenvalue weighted by molar-refractivity contribution is 5.95. The van der Waals surface area contributed by atoms with Crippen LogP contribution in [0.1, 0.15) is 35.7 Å². The third-order valence-electron chi connectivity index (χ3n) is 4.49. The van der Waals surface area contributed by atoms with Gasteiger partial charge in [-0.15, -0.1) is 0 Å². The van der Waals surface area contributed by atoms with Crippen LogP contribution in [0.15, 0.2) is 42.5 Å². The third-order valence-corrected chi connectivity index (χ3v) is 4.49. The van der Waals surface area contributed by atoms with Crippen LogP contribution in [-0.2, 0) is 6.54 Å². The highest BCUT2D eigenvalue weighted by atomic mass is 16.5. The van der Waals surface area contributed by atoms with E-state index in [2.05, 4.69) is 0 Å². The fourth-order valence-corrected chi connectivity index (χ4v) is 3.01. The molecule has 0 N–H and O–H groups in total. The molecule has 1 aliphatic rings. The largest absolute Gasteiger partial charge is 0.496 e. The number of carbonyl (C=O) groups excluding carboxylic acids is 1. The smallest absolute Gasteiger partial charge is 0.254 e. The Hall–Kier alpha value is -2.69. The summed E-state index contributed by atoms with van der Waals surface area (Å²) in [6.07, 6.45) is 2.07. The summed E-state index contributed by atoms with van der Waals surface area (Å²) < 4.78 is 16.4. The van der Waals surface area contributed by atoms with E-state index in [9.17, 15) is 4.79 Å². The van der Waals surface area contributed by atoms with E-state index in [0.29, 0.717) is 30.2 Å². The fourth-order valence-electron chi connectivity index (χ4n) is 3.01. The van der Waals surface area contributed by atoms with E-state index in [0.717, 1.165) is 24.2 Å². The SMILES string of the molecule is CCOc1cc(C(=O)N(Cc2ccccc2OC)C2CC2)ccc1OC. The highest BCUT2D eigenvalue weighted by Crippen LogP contribution is 2.34. The summed E-state index contributed by atoms with van der Waals surface area (Å²) >= 11 is 0. The van der Waals surface area contributed by atoms with Crippen LogP contribution in [0.25, 0.3) is 0 Å². The molecule has 26 heavy (non-hydrogen) atoms. The first kappa shape index (κ1) is 18.1. The van der Waals surface area contributed by atoms with Gasteiger partial charge in [-0.2, -0.15) is 0 Å². The minimum absolute atomic E-state index is 0.00186. The molecule has 1 amide bonds. The molecule has 2 aromatic carbocycles. The Balaban J connectivity index is 1.86. The van der Waals surface area contributed by atoms with Gasteiger partial charge in [0.25, 0.3) is 5.91 Å². The summed E-state index contributed by atoms with van der Waals surface area (Å²) in [7, 11) is 3.25. The number of rotatable bonds is 8. The van der Waals surface area contributed by atoms with Crippen molar-refractivity contribution in [2.75, 3.05) is 20.8 Å². The van der Waals surface area contributed by atoms with Crippen molar-refractivity contribution in [1.29, 1.82) is 0 Å². The van der Waals surface area contributed by atoms with Crippen molar-refractivity contribution >= 4 is 5.91 Å². The fraction of sp³-hybridized carbons (Fsp3) is 0.381. The molecule has 3 rings (SSSR count). The van der Waals surface area contributed by atoms with Gasteiger partial charge in [0, 0.05) is 23.7 Å². The van der Waals surface area contributed by atoms with Crippen molar-refractivity contribution in [1.82, 2.24) is 4.90 Å². The zero-order valence-electron chi connectivity index (χ0n) is 15.5. The van der Waals surface area contributed by atoms with Crippen LogP contribution in [0.2, 0.25) is 0 Å². The van der Waals surface area contributed by atoms with Crippen molar-refractivity contribution < 1.29 is 19.0 Å². The van der Waals surface area contributed by atoms with Crippen molar-refractivity contribution in [2.24, 2.45) is 0 Å². The van der Waals surface area contributed by atoms with Crippen LogP contribution in [0, 0.1) is 0 Å². The number of hydrogen-bond donors (Lipinski definition) is 0. The zero-order chi connectivity index (χ0) is 18.5. The summed E-state index contributed by atoms with van der Waals surface area (Å²) in [4.78, 5) is 15.1. The number of hydrogen-bond acceptors (Lipinski definition) is 4. The first-order chi connectivity index (χ1) is 12.7. The van der Waals surface area contributed by atoms with Crippen LogP contribution in [0.3, 0.4) is 0 Å². The molecule has 138 valence electrons. The lowest BCUT2D eigenvalue weighted by Crippen LogP contribution is -2.32. The predicted molar refractivity (Wildman–Crippen MR) is 100 cm³/mol. The maximum absolute atomic E-state index is 13.2. The molecule has 0 atom stereocenters. The number of methoxy groups -OCH3 is 2. The first-order valence-corrected chi connectivity index (χ1v) is 8.91. The summed E-state index contributed by atoms with van der Waals surface area (Å²) in [5.41, 5.74) is 1.62. The van der Waals surface area contributed by atoms with Gasteiger partial charge in [0.2, 0.25) is 0 Å². The summed E-state index contributed by atoms with van der Waals surface area (Å²) in [5, 5.41) is 0. The van der Waals surface area contributed by atoms with Gasteiger partial charge in [0.15, 0.2) is 11.5 Å². The Labute approximate surface area is 154 Å². The number of ether oxygens (including phenoxy) is 3. The Morgan fingerprint density at radius 1 is 1.04 bits per heavy atom. The molecule has 0 aromatic heterocycles. The van der Waals surface area contributed by atoms with E-state index in [1.165, 1.54) is 0 Å². The lowest BCUT2D eigenvalue weighted by atomic mass is 10.1. The average molecular weight is 355 g/mol. The Morgan fingerprint density at radius 2 is 1.77 bits per heavy atom. The number of para-hydroxylation sites is 1. The van der Waals surface area contributed by atoms with E-state index >= 15 is 0 Å². The Kier molecular flexibility index (Phi) is 5.66. The van der Waals surface area contributed by atoms with Gasteiger partial charge in [-0.05, 0) is 44.0 Å². The molecular formula is C21H25NO4. The highest BCUT2D eigenvalue weighted by Gasteiger charge is 2.33. The molecule has 0 bridgehead atoms. The van der Waals surface area contributed by atoms with Gasteiger partial charge in [-0.1, -0.05) is 18.2 Å². The minimum Gasteiger partial charge on any atom is -0.496 e. The Bertz CT molecular complexity index is 770. The second-order valence-electron chi connectivity index (χ2n) is 6.27. The van der Waals surface area contributed by atoms with Crippen LogP contribution in [-0.4, -0.2) is 37.7 Å². The molecule has 0 spiro atoms. The molecule has 0 saturated heterocycles. The second-order valence-corrected chi connectivity index (χ2v) is 6.27. The molecule has 1 saturated carbocycles. The van der Waals surface area contributed by atoms with Crippen LogP contribution < -0.4 is 14.2 Å². The summed E-state index contributed by atoms with van der Waals surface area (Å²) in [6, 6.07) is 13.4. The third kappa shape index (κ3) is 3.93. The number of carbonyl (C=O) groups is 1. The van der Waals surface area contributed by atoms with Crippen molar-refractivity contribution in [2.45, 2.75) is 32.4 Å². The van der Waals surface area contributed by atoms with Crippen molar-refractivity contribution in [3.05, 3.63) is 53.6 Å². The maximum atomic E-state index is 13.2. The molecule has 1 fully saturated rings. The maximum Gasteiger partial charge on any atom is 0.254 e. The molecule has 5 nitrogen and oxygen atoms in total. The minimum atomic E-state index is 0.00186. The average Bonchev–Trinajstić information content (AvgIpc) is 3.51. The van der Waals surface area contributed by atoms with Gasteiger partial charge < -0.3 is 19.1 Å². The molecular weight excluding hydrogens is 330 g/mol. The van der Waals surface area contributed by atoms with E-state index in [1.807, 2.05) is 36.1 Å². The standard InChI is InChI=1S/C21H25NO4/c1-4-26-20-13-15(9-12-19(20)25-3)21(23)22(17-10-11-17)14-16-7-5-6-8-18(16)24-2/h5-9,12-13,17H,4,10-11,14H2,1-3H3. The monoisotopic (exact) mass is 355 g/mol. The molecule has 0 radical (unpaired) electrons. The van der Waals surface area contributed by atoms with E-state index < -0.39 is 0 Å². The summed E-state index contributed by atoms with van der Waals surface area (Å²) in [5.74, 6) is 2.03. The lowest BCUT2D eigenvalue weighted by Gasteiger charge is -2.24. The lowest BCUT2D eigenvalue weighted by molar-refractivity contribution is 0.0728. The van der Waals surface area contributed by atoms with Gasteiger partial charge in [0.1, 0.15) is 5.75 Å². The van der Waals surface area contributed by atoms with Crippen molar-refractivity contribution in [3.63, 3.8) is 0 Å². The topological polar surface area (TPSA) is 48.0 Å². The van der Waals surface area contributed by atoms with Gasteiger partial charge in [-0.25, -0.2) is 0 Å². The molecule has 1 aliphatic carbocycles. The predicted octanol–water partition coefficient (Wildman–Crippen LogP) is 3.91. The number of benzene rings is 2. The molecule has 5 heteroatoms. The molecule has 0 unspecified atom stereocenters. The number of amides is 1. The van der Waals surface area contributed by atoms with Crippen molar-refractivity contribution in [3.8, 4) is 17.2 Å². The van der Waals surface area contributed by atoms with E-state index in [4.69, 9.17) is 14.2 Å². The summed E-state index contributed by atoms with van der Waals surface area (Å²) in [6.45, 7) is 2.96. The van der Waals surface area contributed by atoms with Gasteiger partial charge >= 0.3 is 0 Å².